The Bertz CT molecular complexity index is 512. The third-order valence-electron chi connectivity index (χ3n) is 3.48. The van der Waals surface area contributed by atoms with E-state index in [-0.39, 0.29) is 6.09 Å². The van der Waals surface area contributed by atoms with Crippen LogP contribution < -0.4 is 5.32 Å². The number of ether oxygens (including phenoxy) is 1. The number of amides is 1. The van der Waals surface area contributed by atoms with Crippen LogP contribution in [0.15, 0.2) is 24.3 Å². The Morgan fingerprint density at radius 2 is 2.09 bits per heavy atom. The highest BCUT2D eigenvalue weighted by molar-refractivity contribution is 6.48. The van der Waals surface area contributed by atoms with E-state index in [0.29, 0.717) is 13.2 Å². The molecule has 0 fully saturated rings. The minimum atomic E-state index is -0.357. The molecule has 0 saturated heterocycles. The molecule has 0 spiro atoms. The van der Waals surface area contributed by atoms with Gasteiger partial charge < -0.3 is 10.1 Å². The van der Waals surface area contributed by atoms with Crippen molar-refractivity contribution in [1.82, 2.24) is 5.32 Å². The Labute approximate surface area is 138 Å². The average molecular weight is 324 g/mol. The van der Waals surface area contributed by atoms with Gasteiger partial charge in [-0.05, 0) is 36.5 Å². The van der Waals surface area contributed by atoms with E-state index in [4.69, 9.17) is 16.3 Å². The molecule has 0 aliphatic rings. The van der Waals surface area contributed by atoms with E-state index in [1.54, 1.807) is 0 Å². The van der Waals surface area contributed by atoms with Gasteiger partial charge in [0.05, 0.1) is 6.61 Å². The van der Waals surface area contributed by atoms with E-state index >= 15 is 0 Å². The molecule has 0 atom stereocenters. The van der Waals surface area contributed by atoms with Gasteiger partial charge in [-0.15, -0.1) is 0 Å². The maximum Gasteiger partial charge on any atom is 0.407 e. The third kappa shape index (κ3) is 6.10. The zero-order valence-electron chi connectivity index (χ0n) is 13.7. The lowest BCUT2D eigenvalue weighted by atomic mass is 10.0. The molecule has 0 radical (unpaired) electrons. The molecular weight excluding hydrogens is 298 g/mol. The van der Waals surface area contributed by atoms with Crippen LogP contribution in [0.4, 0.5) is 4.79 Å². The summed E-state index contributed by atoms with van der Waals surface area (Å²) in [5.74, 6) is 0. The van der Waals surface area contributed by atoms with Crippen LogP contribution in [0.3, 0.4) is 0 Å². The maximum absolute atomic E-state index is 11.6. The van der Waals surface area contributed by atoms with Gasteiger partial charge in [-0.25, -0.2) is 4.79 Å². The molecule has 3 nitrogen and oxygen atoms in total. The number of hydrogen-bond donors (Lipinski definition) is 1. The molecule has 0 aliphatic carbocycles. The summed E-state index contributed by atoms with van der Waals surface area (Å²) >= 11 is 6.21. The third-order valence-corrected chi connectivity index (χ3v) is 3.90. The Hall–Kier alpha value is -1.48. The average Bonchev–Trinajstić information content (AvgIpc) is 2.55. The first kappa shape index (κ1) is 18.6. The summed E-state index contributed by atoms with van der Waals surface area (Å²) in [6.07, 6.45) is 5.55. The summed E-state index contributed by atoms with van der Waals surface area (Å²) in [6.45, 7) is 7.09. The van der Waals surface area contributed by atoms with Crippen molar-refractivity contribution in [3.8, 4) is 0 Å². The van der Waals surface area contributed by atoms with Crippen LogP contribution in [-0.2, 0) is 17.7 Å². The summed E-state index contributed by atoms with van der Waals surface area (Å²) in [5.41, 5.74) is 3.28. The summed E-state index contributed by atoms with van der Waals surface area (Å²) < 4.78 is 5.12. The number of alkyl carbamates (subject to hydrolysis) is 1. The zero-order valence-corrected chi connectivity index (χ0v) is 14.5. The van der Waals surface area contributed by atoms with Gasteiger partial charge in [-0.3, -0.25) is 0 Å². The van der Waals surface area contributed by atoms with E-state index in [1.165, 1.54) is 5.56 Å². The molecule has 0 saturated carbocycles. The lowest BCUT2D eigenvalue weighted by molar-refractivity contribution is 0.143. The van der Waals surface area contributed by atoms with Gasteiger partial charge in [0.2, 0.25) is 0 Å². The molecule has 22 heavy (non-hydrogen) atoms. The first-order valence-electron chi connectivity index (χ1n) is 7.96. The molecule has 0 bridgehead atoms. The van der Waals surface area contributed by atoms with Crippen LogP contribution in [0.2, 0.25) is 0 Å². The fourth-order valence-corrected chi connectivity index (χ4v) is 2.36. The molecule has 1 amide bonds. The molecule has 0 unspecified atom stereocenters. The molecule has 4 heteroatoms. The van der Waals surface area contributed by atoms with Crippen LogP contribution in [-0.4, -0.2) is 12.7 Å². The van der Waals surface area contributed by atoms with Gasteiger partial charge >= 0.3 is 6.09 Å². The number of carbonyl (C=O) groups excluding carboxylic acids is 1. The summed E-state index contributed by atoms with van der Waals surface area (Å²) in [4.78, 5) is 11.6. The number of nitrogens with one attached hydrogen (secondary N) is 1. The Morgan fingerprint density at radius 3 is 2.73 bits per heavy atom. The van der Waals surface area contributed by atoms with Crippen molar-refractivity contribution < 1.29 is 9.53 Å². The van der Waals surface area contributed by atoms with Gasteiger partial charge in [0.25, 0.3) is 0 Å². The predicted octanol–water partition coefficient (Wildman–Crippen LogP) is 5.27. The van der Waals surface area contributed by atoms with Gasteiger partial charge in [0.15, 0.2) is 0 Å². The molecular formula is C18H26ClNO2. The van der Waals surface area contributed by atoms with Gasteiger partial charge in [-0.1, -0.05) is 62.6 Å². The lowest BCUT2D eigenvalue weighted by Crippen LogP contribution is -2.24. The summed E-state index contributed by atoms with van der Waals surface area (Å²) in [6, 6.07) is 6.07. The summed E-state index contributed by atoms with van der Waals surface area (Å²) in [7, 11) is 0. The molecule has 1 aromatic rings. The van der Waals surface area contributed by atoms with Crippen molar-refractivity contribution in [3.05, 3.63) is 41.0 Å². The minimum Gasteiger partial charge on any atom is -0.450 e. The van der Waals surface area contributed by atoms with Crippen molar-refractivity contribution >= 4 is 22.7 Å². The molecule has 122 valence electrons. The number of halogens is 1. The molecule has 1 aromatic carbocycles. The van der Waals surface area contributed by atoms with Gasteiger partial charge in [0, 0.05) is 11.6 Å². The molecule has 0 heterocycles. The highest BCUT2D eigenvalue weighted by atomic mass is 35.5. The first-order chi connectivity index (χ1) is 10.6. The maximum atomic E-state index is 11.6. The Kier molecular flexibility index (Phi) is 8.68. The quantitative estimate of drug-likeness (QED) is 0.662. The van der Waals surface area contributed by atoms with Crippen molar-refractivity contribution in [2.45, 2.75) is 53.0 Å². The van der Waals surface area contributed by atoms with E-state index in [2.05, 4.69) is 25.2 Å². The van der Waals surface area contributed by atoms with Crippen molar-refractivity contribution in [1.29, 1.82) is 0 Å². The minimum absolute atomic E-state index is 0.357. The Balaban J connectivity index is 2.54. The zero-order chi connectivity index (χ0) is 16.4. The SMILES string of the molecule is C/C=C(/Cl)c1ccc(CNC(=O)OCCCCC)cc1CC. The number of rotatable bonds is 8. The normalized spacial score (nSPS) is 11.4. The van der Waals surface area contributed by atoms with Gasteiger partial charge in [0.1, 0.15) is 0 Å². The van der Waals surface area contributed by atoms with Gasteiger partial charge in [-0.2, -0.15) is 0 Å². The van der Waals surface area contributed by atoms with Crippen molar-refractivity contribution in [2.24, 2.45) is 0 Å². The van der Waals surface area contributed by atoms with E-state index < -0.39 is 0 Å². The molecule has 1 N–H and O–H groups in total. The van der Waals surface area contributed by atoms with E-state index in [9.17, 15) is 4.79 Å². The topological polar surface area (TPSA) is 38.3 Å². The van der Waals surface area contributed by atoms with Crippen LogP contribution in [0, 0.1) is 0 Å². The number of carbonyl (C=O) groups is 1. The fraction of sp³-hybridized carbons (Fsp3) is 0.500. The van der Waals surface area contributed by atoms with Crippen LogP contribution in [0.5, 0.6) is 0 Å². The largest absolute Gasteiger partial charge is 0.450 e. The van der Waals surface area contributed by atoms with E-state index in [0.717, 1.165) is 41.8 Å². The summed E-state index contributed by atoms with van der Waals surface area (Å²) in [5, 5.41) is 3.54. The number of hydrogen-bond acceptors (Lipinski definition) is 2. The second-order valence-corrected chi connectivity index (χ2v) is 5.59. The predicted molar refractivity (Wildman–Crippen MR) is 93.0 cm³/mol. The molecule has 1 rings (SSSR count). The van der Waals surface area contributed by atoms with Crippen LogP contribution >= 0.6 is 11.6 Å². The number of benzene rings is 1. The van der Waals surface area contributed by atoms with Crippen LogP contribution in [0.1, 0.15) is 56.7 Å². The van der Waals surface area contributed by atoms with E-state index in [1.807, 2.05) is 25.1 Å². The number of unbranched alkanes of at least 4 members (excludes halogenated alkanes) is 2. The second kappa shape index (κ2) is 10.3. The molecule has 0 aliphatic heterocycles. The first-order valence-corrected chi connectivity index (χ1v) is 8.34. The fourth-order valence-electron chi connectivity index (χ4n) is 2.18. The number of allylic oxidation sites excluding steroid dienone is 1. The van der Waals surface area contributed by atoms with Crippen LogP contribution in [0.25, 0.3) is 5.03 Å². The lowest BCUT2D eigenvalue weighted by Gasteiger charge is -2.11. The standard InChI is InChI=1S/C18H26ClNO2/c1-4-7-8-11-22-18(21)20-13-14-9-10-16(17(19)6-3)15(5-2)12-14/h6,9-10,12H,4-5,7-8,11,13H2,1-3H3,(H,20,21)/b17-6+. The smallest absolute Gasteiger partial charge is 0.407 e. The van der Waals surface area contributed by atoms with Crippen molar-refractivity contribution in [3.63, 3.8) is 0 Å². The molecule has 0 aromatic heterocycles. The number of aryl methyl sites for hydroxylation is 1. The second-order valence-electron chi connectivity index (χ2n) is 5.18. The van der Waals surface area contributed by atoms with Crippen molar-refractivity contribution in [2.75, 3.05) is 6.61 Å². The highest BCUT2D eigenvalue weighted by Gasteiger charge is 2.07. The monoisotopic (exact) mass is 323 g/mol. The highest BCUT2D eigenvalue weighted by Crippen LogP contribution is 2.24. The Morgan fingerprint density at radius 1 is 1.32 bits per heavy atom.